The van der Waals surface area contributed by atoms with Crippen molar-refractivity contribution in [2.45, 2.75) is 38.7 Å². The van der Waals surface area contributed by atoms with E-state index in [2.05, 4.69) is 10.1 Å². The van der Waals surface area contributed by atoms with Crippen LogP contribution in [0.5, 0.6) is 0 Å². The number of hydrogen-bond donors (Lipinski definition) is 1. The summed E-state index contributed by atoms with van der Waals surface area (Å²) in [5.74, 6) is 0.436. The summed E-state index contributed by atoms with van der Waals surface area (Å²) in [5.41, 5.74) is 0.788. The largest absolute Gasteiger partial charge is 0.392 e. The van der Waals surface area contributed by atoms with E-state index in [1.807, 2.05) is 19.9 Å². The first-order valence-corrected chi connectivity index (χ1v) is 6.35. The molecule has 102 valence electrons. The lowest BCUT2D eigenvalue weighted by atomic mass is 10.0. The summed E-state index contributed by atoms with van der Waals surface area (Å²) in [7, 11) is 0. The molecule has 0 radical (unpaired) electrons. The van der Waals surface area contributed by atoms with E-state index in [1.54, 1.807) is 6.07 Å². The van der Waals surface area contributed by atoms with E-state index in [1.165, 1.54) is 12.1 Å². The van der Waals surface area contributed by atoms with Gasteiger partial charge in [-0.1, -0.05) is 31.1 Å². The first kappa shape index (κ1) is 13.7. The van der Waals surface area contributed by atoms with Gasteiger partial charge in [0.2, 0.25) is 5.89 Å². The van der Waals surface area contributed by atoms with Crippen molar-refractivity contribution < 1.29 is 14.0 Å². The normalized spacial score (nSPS) is 14.3. The van der Waals surface area contributed by atoms with Crippen LogP contribution in [0.2, 0.25) is 0 Å². The first-order chi connectivity index (χ1) is 9.10. The van der Waals surface area contributed by atoms with Gasteiger partial charge in [-0.25, -0.2) is 4.39 Å². The number of hydrogen-bond acceptors (Lipinski definition) is 4. The second kappa shape index (κ2) is 5.93. The van der Waals surface area contributed by atoms with Crippen molar-refractivity contribution in [1.82, 2.24) is 10.1 Å². The zero-order chi connectivity index (χ0) is 13.8. The Morgan fingerprint density at radius 3 is 2.89 bits per heavy atom. The molecule has 0 saturated heterocycles. The summed E-state index contributed by atoms with van der Waals surface area (Å²) in [6.07, 6.45) is 0.543. The summed E-state index contributed by atoms with van der Waals surface area (Å²) >= 11 is 0. The summed E-state index contributed by atoms with van der Waals surface area (Å²) in [5, 5.41) is 13.6. The second-order valence-electron chi connectivity index (χ2n) is 4.62. The van der Waals surface area contributed by atoms with Crippen LogP contribution in [-0.2, 0) is 6.42 Å². The molecule has 0 aliphatic carbocycles. The SMILES string of the molecule is CCC(O)C(C)c1nc(Cc2cccc(F)c2)no1. The van der Waals surface area contributed by atoms with E-state index in [0.717, 1.165) is 5.56 Å². The van der Waals surface area contributed by atoms with Gasteiger partial charge in [0.25, 0.3) is 0 Å². The molecule has 1 N–H and O–H groups in total. The van der Waals surface area contributed by atoms with Crippen LogP contribution in [0, 0.1) is 5.82 Å². The van der Waals surface area contributed by atoms with Gasteiger partial charge in [-0.15, -0.1) is 0 Å². The Hall–Kier alpha value is -1.75. The van der Waals surface area contributed by atoms with Crippen molar-refractivity contribution in [1.29, 1.82) is 0 Å². The van der Waals surface area contributed by atoms with Gasteiger partial charge in [0.05, 0.1) is 12.0 Å². The molecule has 0 aliphatic rings. The van der Waals surface area contributed by atoms with Gasteiger partial charge < -0.3 is 9.63 Å². The third-order valence-corrected chi connectivity index (χ3v) is 3.12. The van der Waals surface area contributed by atoms with Crippen LogP contribution in [0.1, 0.15) is 43.5 Å². The Morgan fingerprint density at radius 1 is 1.42 bits per heavy atom. The fraction of sp³-hybridized carbons (Fsp3) is 0.429. The average Bonchev–Trinajstić information content (AvgIpc) is 2.85. The molecule has 0 amide bonds. The molecule has 0 bridgehead atoms. The maximum Gasteiger partial charge on any atom is 0.232 e. The zero-order valence-electron chi connectivity index (χ0n) is 11.0. The second-order valence-corrected chi connectivity index (χ2v) is 4.62. The Morgan fingerprint density at radius 2 is 2.21 bits per heavy atom. The summed E-state index contributed by atoms with van der Waals surface area (Å²) in [4.78, 5) is 4.24. The van der Waals surface area contributed by atoms with E-state index in [4.69, 9.17) is 4.52 Å². The van der Waals surface area contributed by atoms with E-state index < -0.39 is 6.10 Å². The molecule has 19 heavy (non-hydrogen) atoms. The van der Waals surface area contributed by atoms with Crippen LogP contribution in [-0.4, -0.2) is 21.4 Å². The zero-order valence-corrected chi connectivity index (χ0v) is 11.0. The molecule has 1 aromatic carbocycles. The Balaban J connectivity index is 2.09. The van der Waals surface area contributed by atoms with Gasteiger partial charge in [-0.3, -0.25) is 0 Å². The van der Waals surface area contributed by atoms with Crippen molar-refractivity contribution >= 4 is 0 Å². The quantitative estimate of drug-likeness (QED) is 0.902. The summed E-state index contributed by atoms with van der Waals surface area (Å²) in [6, 6.07) is 6.30. The highest BCUT2D eigenvalue weighted by Gasteiger charge is 2.20. The van der Waals surface area contributed by atoms with E-state index in [9.17, 15) is 9.50 Å². The molecule has 2 rings (SSSR count). The van der Waals surface area contributed by atoms with Gasteiger partial charge in [-0.05, 0) is 24.1 Å². The minimum Gasteiger partial charge on any atom is -0.392 e. The fourth-order valence-corrected chi connectivity index (χ4v) is 1.87. The molecule has 5 heteroatoms. The molecule has 1 heterocycles. The van der Waals surface area contributed by atoms with Gasteiger partial charge in [0, 0.05) is 6.42 Å². The minimum absolute atomic E-state index is 0.196. The van der Waals surface area contributed by atoms with Crippen molar-refractivity contribution in [2.75, 3.05) is 0 Å². The number of aliphatic hydroxyl groups excluding tert-OH is 1. The van der Waals surface area contributed by atoms with Gasteiger partial charge >= 0.3 is 0 Å². The summed E-state index contributed by atoms with van der Waals surface area (Å²) < 4.78 is 18.2. The molecule has 0 saturated carbocycles. The van der Waals surface area contributed by atoms with Crippen molar-refractivity contribution in [3.05, 3.63) is 47.4 Å². The van der Waals surface area contributed by atoms with Gasteiger partial charge in [-0.2, -0.15) is 4.98 Å². The van der Waals surface area contributed by atoms with Crippen LogP contribution in [0.4, 0.5) is 4.39 Å². The predicted molar refractivity (Wildman–Crippen MR) is 68.2 cm³/mol. The minimum atomic E-state index is -0.498. The highest BCUT2D eigenvalue weighted by Crippen LogP contribution is 2.20. The van der Waals surface area contributed by atoms with Crippen LogP contribution in [0.25, 0.3) is 0 Å². The standard InChI is InChI=1S/C14H17FN2O2/c1-3-12(18)9(2)14-16-13(17-19-14)8-10-5-4-6-11(15)7-10/h4-7,9,12,18H,3,8H2,1-2H3. The Kier molecular flexibility index (Phi) is 4.27. The number of aromatic nitrogens is 2. The molecule has 1 aromatic heterocycles. The first-order valence-electron chi connectivity index (χ1n) is 6.35. The molecular weight excluding hydrogens is 247 g/mol. The number of benzene rings is 1. The molecule has 4 nitrogen and oxygen atoms in total. The van der Waals surface area contributed by atoms with E-state index in [-0.39, 0.29) is 11.7 Å². The van der Waals surface area contributed by atoms with Gasteiger partial charge in [0.1, 0.15) is 5.82 Å². The third-order valence-electron chi connectivity index (χ3n) is 3.12. The van der Waals surface area contributed by atoms with Crippen LogP contribution < -0.4 is 0 Å². The maximum atomic E-state index is 13.1. The van der Waals surface area contributed by atoms with Crippen molar-refractivity contribution in [3.8, 4) is 0 Å². The molecule has 0 fully saturated rings. The number of rotatable bonds is 5. The van der Waals surface area contributed by atoms with Gasteiger partial charge in [0.15, 0.2) is 5.82 Å². The van der Waals surface area contributed by atoms with Crippen LogP contribution in [0.15, 0.2) is 28.8 Å². The number of halogens is 1. The molecule has 0 spiro atoms. The smallest absolute Gasteiger partial charge is 0.232 e. The third kappa shape index (κ3) is 3.38. The van der Waals surface area contributed by atoms with E-state index in [0.29, 0.717) is 24.6 Å². The molecule has 0 aliphatic heterocycles. The highest BCUT2D eigenvalue weighted by molar-refractivity contribution is 5.19. The van der Waals surface area contributed by atoms with Crippen molar-refractivity contribution in [2.24, 2.45) is 0 Å². The Labute approximate surface area is 111 Å². The van der Waals surface area contributed by atoms with Crippen LogP contribution >= 0.6 is 0 Å². The lowest BCUT2D eigenvalue weighted by Crippen LogP contribution is -2.14. The number of nitrogens with zero attached hydrogens (tertiary/aromatic N) is 2. The molecule has 2 unspecified atom stereocenters. The molecule has 2 atom stereocenters. The highest BCUT2D eigenvalue weighted by atomic mass is 19.1. The predicted octanol–water partition coefficient (Wildman–Crippen LogP) is 2.67. The van der Waals surface area contributed by atoms with Crippen LogP contribution in [0.3, 0.4) is 0 Å². The number of aliphatic hydroxyl groups is 1. The molecule has 2 aromatic rings. The maximum absolute atomic E-state index is 13.1. The topological polar surface area (TPSA) is 59.2 Å². The monoisotopic (exact) mass is 264 g/mol. The Bertz CT molecular complexity index is 542. The lowest BCUT2D eigenvalue weighted by molar-refractivity contribution is 0.129. The lowest BCUT2D eigenvalue weighted by Gasteiger charge is -2.11. The average molecular weight is 264 g/mol. The van der Waals surface area contributed by atoms with Crippen molar-refractivity contribution in [3.63, 3.8) is 0 Å². The molecular formula is C14H17FN2O2. The fourth-order valence-electron chi connectivity index (χ4n) is 1.87. The summed E-state index contributed by atoms with van der Waals surface area (Å²) in [6.45, 7) is 3.73. The van der Waals surface area contributed by atoms with E-state index >= 15 is 0 Å².